The Morgan fingerprint density at radius 2 is 1.55 bits per heavy atom. The lowest BCUT2D eigenvalue weighted by atomic mass is 9.97. The highest BCUT2D eigenvalue weighted by Crippen LogP contribution is 2.11. The molecule has 0 aromatic rings. The molecule has 0 fully saturated rings. The molecule has 0 radical (unpaired) electrons. The quantitative estimate of drug-likeness (QED) is 0.783. The van der Waals surface area contributed by atoms with Crippen LogP contribution < -0.4 is 5.32 Å². The molecule has 0 aromatic heterocycles. The minimum Gasteiger partial charge on any atom is -0.455 e. The Hall–Kier alpha value is -1.59. The van der Waals surface area contributed by atoms with Crippen molar-refractivity contribution in [3.8, 4) is 0 Å². The van der Waals surface area contributed by atoms with E-state index in [4.69, 9.17) is 9.47 Å². The lowest BCUT2D eigenvalue weighted by molar-refractivity contribution is -0.152. The zero-order chi connectivity index (χ0) is 16.1. The van der Waals surface area contributed by atoms with Crippen molar-refractivity contribution in [3.63, 3.8) is 0 Å². The molecule has 0 saturated carbocycles. The molecule has 0 aromatic carbocycles. The Morgan fingerprint density at radius 3 is 1.90 bits per heavy atom. The molecule has 6 nitrogen and oxygen atoms in total. The fourth-order valence-electron chi connectivity index (χ4n) is 1.56. The zero-order valence-corrected chi connectivity index (χ0v) is 13.3. The molecule has 0 spiro atoms. The van der Waals surface area contributed by atoms with Crippen molar-refractivity contribution in [2.45, 2.75) is 66.2 Å². The normalized spacial score (nSPS) is 14.4. The molecular weight excluding hydrogens is 262 g/mol. The summed E-state index contributed by atoms with van der Waals surface area (Å²) in [6.07, 6.45) is -1.57. The number of hydrogen-bond donors (Lipinski definition) is 1. The van der Waals surface area contributed by atoms with E-state index in [1.165, 1.54) is 13.8 Å². The van der Waals surface area contributed by atoms with Gasteiger partial charge >= 0.3 is 12.1 Å². The van der Waals surface area contributed by atoms with Crippen LogP contribution in [0.4, 0.5) is 4.79 Å². The Labute approximate surface area is 120 Å². The van der Waals surface area contributed by atoms with E-state index in [0.717, 1.165) is 0 Å². The number of nitrogens with one attached hydrogen (secondary N) is 1. The fraction of sp³-hybridized carbons (Fsp3) is 0.786. The van der Waals surface area contributed by atoms with Crippen LogP contribution in [0, 0.1) is 5.92 Å². The molecule has 1 amide bonds. The topological polar surface area (TPSA) is 81.7 Å². The van der Waals surface area contributed by atoms with E-state index in [2.05, 4.69) is 5.32 Å². The van der Waals surface area contributed by atoms with Gasteiger partial charge in [0.1, 0.15) is 5.60 Å². The minimum atomic E-state index is -0.908. The molecule has 0 saturated heterocycles. The maximum Gasteiger partial charge on any atom is 0.408 e. The van der Waals surface area contributed by atoms with Gasteiger partial charge in [0.05, 0.1) is 6.04 Å². The van der Waals surface area contributed by atoms with Crippen LogP contribution in [0.3, 0.4) is 0 Å². The van der Waals surface area contributed by atoms with Crippen molar-refractivity contribution in [2.75, 3.05) is 0 Å². The molecule has 6 heteroatoms. The Kier molecular flexibility index (Phi) is 6.68. The minimum absolute atomic E-state index is 0.145. The van der Waals surface area contributed by atoms with Gasteiger partial charge in [-0.3, -0.25) is 9.59 Å². The van der Waals surface area contributed by atoms with Gasteiger partial charge in [0.15, 0.2) is 11.9 Å². The van der Waals surface area contributed by atoms with Crippen LogP contribution >= 0.6 is 0 Å². The second kappa shape index (κ2) is 7.26. The highest BCUT2D eigenvalue weighted by molar-refractivity contribution is 5.92. The molecule has 0 heterocycles. The molecule has 0 rings (SSSR count). The van der Waals surface area contributed by atoms with Crippen molar-refractivity contribution in [1.29, 1.82) is 0 Å². The van der Waals surface area contributed by atoms with Crippen molar-refractivity contribution < 1.29 is 23.9 Å². The van der Waals surface area contributed by atoms with E-state index >= 15 is 0 Å². The predicted octanol–water partition coefficient (Wildman–Crippen LogP) is 2.06. The number of ether oxygens (including phenoxy) is 2. The zero-order valence-electron chi connectivity index (χ0n) is 13.3. The van der Waals surface area contributed by atoms with Gasteiger partial charge in [-0.1, -0.05) is 13.8 Å². The number of alkyl carbamates (subject to hydrolysis) is 1. The van der Waals surface area contributed by atoms with Gasteiger partial charge in [0, 0.05) is 6.92 Å². The molecule has 1 unspecified atom stereocenters. The summed E-state index contributed by atoms with van der Waals surface area (Å²) in [5.41, 5.74) is -0.643. The number of carbonyl (C=O) groups is 3. The molecule has 0 bridgehead atoms. The van der Waals surface area contributed by atoms with Crippen molar-refractivity contribution in [3.05, 3.63) is 0 Å². The first kappa shape index (κ1) is 18.4. The summed E-state index contributed by atoms with van der Waals surface area (Å²) >= 11 is 0. The summed E-state index contributed by atoms with van der Waals surface area (Å²) in [7, 11) is 0. The monoisotopic (exact) mass is 287 g/mol. The standard InChI is InChI=1S/C14H25NO5/c1-8(2)11(12(17)9(3)19-10(4)16)15-13(18)20-14(5,6)7/h8-9,11H,1-7H3,(H,15,18)/t9?,11-/m0/s1. The van der Waals surface area contributed by atoms with E-state index in [1.807, 2.05) is 0 Å². The number of carbonyl (C=O) groups excluding carboxylic acids is 3. The van der Waals surface area contributed by atoms with Gasteiger partial charge in [-0.25, -0.2) is 4.79 Å². The van der Waals surface area contributed by atoms with Crippen LogP contribution in [0.5, 0.6) is 0 Å². The largest absolute Gasteiger partial charge is 0.455 e. The van der Waals surface area contributed by atoms with Crippen LogP contribution in [0.15, 0.2) is 0 Å². The van der Waals surface area contributed by atoms with Gasteiger partial charge < -0.3 is 14.8 Å². The second-order valence-electron chi connectivity index (χ2n) is 6.02. The molecule has 0 aliphatic heterocycles. The highest BCUT2D eigenvalue weighted by Gasteiger charge is 2.31. The van der Waals surface area contributed by atoms with Gasteiger partial charge in [-0.05, 0) is 33.6 Å². The summed E-state index contributed by atoms with van der Waals surface area (Å²) in [5.74, 6) is -1.04. The van der Waals surface area contributed by atoms with Crippen molar-refractivity contribution >= 4 is 17.8 Å². The third kappa shape index (κ3) is 7.11. The third-order valence-corrected chi connectivity index (χ3v) is 2.39. The number of hydrogen-bond acceptors (Lipinski definition) is 5. The van der Waals surface area contributed by atoms with Crippen molar-refractivity contribution in [1.82, 2.24) is 5.32 Å². The number of rotatable bonds is 5. The summed E-state index contributed by atoms with van der Waals surface area (Å²) in [5, 5.41) is 2.52. The molecule has 20 heavy (non-hydrogen) atoms. The van der Waals surface area contributed by atoms with Gasteiger partial charge in [0.2, 0.25) is 0 Å². The average Bonchev–Trinajstić information content (AvgIpc) is 2.20. The Balaban J connectivity index is 4.77. The first-order chi connectivity index (χ1) is 8.94. The maximum absolute atomic E-state index is 12.2. The molecule has 0 aliphatic rings. The summed E-state index contributed by atoms with van der Waals surface area (Å²) in [4.78, 5) is 34.8. The van der Waals surface area contributed by atoms with Crippen molar-refractivity contribution in [2.24, 2.45) is 5.92 Å². The molecule has 1 N–H and O–H groups in total. The van der Waals surface area contributed by atoms with E-state index in [9.17, 15) is 14.4 Å². The number of Topliss-reactive ketones (excluding diaryl/α,β-unsaturated/α-hetero) is 1. The fourth-order valence-corrected chi connectivity index (χ4v) is 1.56. The number of esters is 1. The van der Waals surface area contributed by atoms with Crippen LogP contribution in [0.2, 0.25) is 0 Å². The maximum atomic E-state index is 12.2. The van der Waals surface area contributed by atoms with Crippen LogP contribution in [0.25, 0.3) is 0 Å². The Bertz CT molecular complexity index is 370. The van der Waals surface area contributed by atoms with Crippen LogP contribution in [-0.2, 0) is 19.1 Å². The van der Waals surface area contributed by atoms with E-state index in [-0.39, 0.29) is 11.7 Å². The van der Waals surface area contributed by atoms with Crippen LogP contribution in [0.1, 0.15) is 48.5 Å². The first-order valence-corrected chi connectivity index (χ1v) is 6.64. The molecular formula is C14H25NO5. The lowest BCUT2D eigenvalue weighted by Gasteiger charge is -2.26. The number of ketones is 1. The van der Waals surface area contributed by atoms with E-state index < -0.39 is 29.8 Å². The smallest absolute Gasteiger partial charge is 0.408 e. The SMILES string of the molecule is CC(=O)OC(C)C(=O)[C@@H](NC(=O)OC(C)(C)C)C(C)C. The molecule has 0 aliphatic carbocycles. The summed E-state index contributed by atoms with van der Waals surface area (Å²) < 4.78 is 9.96. The summed E-state index contributed by atoms with van der Waals surface area (Å²) in [6.45, 7) is 11.5. The Morgan fingerprint density at radius 1 is 1.05 bits per heavy atom. The van der Waals surface area contributed by atoms with Gasteiger partial charge in [0.25, 0.3) is 0 Å². The van der Waals surface area contributed by atoms with E-state index in [0.29, 0.717) is 0 Å². The summed E-state index contributed by atoms with van der Waals surface area (Å²) in [6, 6.07) is -0.765. The third-order valence-electron chi connectivity index (χ3n) is 2.39. The first-order valence-electron chi connectivity index (χ1n) is 6.64. The molecule has 2 atom stereocenters. The molecule has 116 valence electrons. The van der Waals surface area contributed by atoms with Crippen LogP contribution in [-0.4, -0.2) is 35.6 Å². The van der Waals surface area contributed by atoms with Gasteiger partial charge in [-0.15, -0.1) is 0 Å². The number of amides is 1. The predicted molar refractivity (Wildman–Crippen MR) is 74.2 cm³/mol. The highest BCUT2D eigenvalue weighted by atomic mass is 16.6. The van der Waals surface area contributed by atoms with E-state index in [1.54, 1.807) is 34.6 Å². The van der Waals surface area contributed by atoms with Gasteiger partial charge in [-0.2, -0.15) is 0 Å². The second-order valence-corrected chi connectivity index (χ2v) is 6.02. The lowest BCUT2D eigenvalue weighted by Crippen LogP contribution is -2.49. The average molecular weight is 287 g/mol.